The highest BCUT2D eigenvalue weighted by atomic mass is 15.3. The van der Waals surface area contributed by atoms with Crippen molar-refractivity contribution in [3.8, 4) is 0 Å². The second-order valence-electron chi connectivity index (χ2n) is 5.02. The SMILES string of the molecule is CCCc1nn(C)c2c1nc(N)n2CC1CC1. The second-order valence-corrected chi connectivity index (χ2v) is 5.02. The Bertz CT molecular complexity index is 547. The van der Waals surface area contributed by atoms with Crippen LogP contribution in [0.2, 0.25) is 0 Å². The van der Waals surface area contributed by atoms with Crippen molar-refractivity contribution in [2.75, 3.05) is 5.73 Å². The van der Waals surface area contributed by atoms with Gasteiger partial charge in [-0.05, 0) is 25.2 Å². The standard InChI is InChI=1S/C12H19N5/c1-3-4-9-10-11(16(2)15-9)17(12(13)14-10)7-8-5-6-8/h8H,3-7H2,1-2H3,(H2,13,14). The zero-order valence-electron chi connectivity index (χ0n) is 10.5. The van der Waals surface area contributed by atoms with Crippen LogP contribution in [-0.2, 0) is 20.0 Å². The zero-order valence-corrected chi connectivity index (χ0v) is 10.5. The molecule has 2 N–H and O–H groups in total. The van der Waals surface area contributed by atoms with Crippen molar-refractivity contribution < 1.29 is 0 Å². The molecular formula is C12H19N5. The number of aryl methyl sites for hydroxylation is 2. The molecule has 0 amide bonds. The van der Waals surface area contributed by atoms with Crippen molar-refractivity contribution in [1.82, 2.24) is 19.3 Å². The number of imidazole rings is 1. The normalized spacial score (nSPS) is 15.9. The lowest BCUT2D eigenvalue weighted by molar-refractivity contribution is 0.625. The second kappa shape index (κ2) is 3.75. The molecule has 0 aliphatic heterocycles. The Morgan fingerprint density at radius 2 is 2.18 bits per heavy atom. The van der Waals surface area contributed by atoms with Crippen molar-refractivity contribution in [2.24, 2.45) is 13.0 Å². The summed E-state index contributed by atoms with van der Waals surface area (Å²) in [6.07, 6.45) is 4.69. The van der Waals surface area contributed by atoms with Gasteiger partial charge in [0.1, 0.15) is 5.52 Å². The zero-order chi connectivity index (χ0) is 12.0. The molecule has 5 heteroatoms. The quantitative estimate of drug-likeness (QED) is 0.874. The summed E-state index contributed by atoms with van der Waals surface area (Å²) in [6, 6.07) is 0. The van der Waals surface area contributed by atoms with Gasteiger partial charge in [-0.2, -0.15) is 5.10 Å². The molecule has 2 aromatic heterocycles. The van der Waals surface area contributed by atoms with Crippen LogP contribution in [0.25, 0.3) is 11.2 Å². The Hall–Kier alpha value is -1.52. The fraction of sp³-hybridized carbons (Fsp3) is 0.667. The van der Waals surface area contributed by atoms with Crippen LogP contribution in [0.3, 0.4) is 0 Å². The molecule has 0 aromatic carbocycles. The monoisotopic (exact) mass is 233 g/mol. The summed E-state index contributed by atoms with van der Waals surface area (Å²) < 4.78 is 4.05. The largest absolute Gasteiger partial charge is 0.369 e. The number of hydrogen-bond donors (Lipinski definition) is 1. The third-order valence-electron chi connectivity index (χ3n) is 3.45. The fourth-order valence-electron chi connectivity index (χ4n) is 2.40. The van der Waals surface area contributed by atoms with Gasteiger partial charge in [0, 0.05) is 13.6 Å². The topological polar surface area (TPSA) is 61.7 Å². The van der Waals surface area contributed by atoms with Crippen LogP contribution in [0.5, 0.6) is 0 Å². The summed E-state index contributed by atoms with van der Waals surface area (Å²) in [5.41, 5.74) is 9.17. The first-order valence-electron chi connectivity index (χ1n) is 6.38. The maximum absolute atomic E-state index is 6.02. The highest BCUT2D eigenvalue weighted by Crippen LogP contribution is 2.33. The summed E-state index contributed by atoms with van der Waals surface area (Å²) in [5.74, 6) is 1.43. The van der Waals surface area contributed by atoms with Crippen LogP contribution in [0.15, 0.2) is 0 Å². The molecule has 0 saturated heterocycles. The Labute approximate surface area is 101 Å². The number of nitrogens with zero attached hydrogens (tertiary/aromatic N) is 4. The highest BCUT2D eigenvalue weighted by molar-refractivity contribution is 5.77. The summed E-state index contributed by atoms with van der Waals surface area (Å²) >= 11 is 0. The maximum Gasteiger partial charge on any atom is 0.202 e. The van der Waals surface area contributed by atoms with E-state index in [1.807, 2.05) is 11.7 Å². The number of fused-ring (bicyclic) bond motifs is 1. The third-order valence-corrected chi connectivity index (χ3v) is 3.45. The fourth-order valence-corrected chi connectivity index (χ4v) is 2.40. The molecule has 1 aliphatic rings. The molecule has 1 saturated carbocycles. The minimum atomic E-state index is 0.636. The molecule has 0 atom stereocenters. The van der Waals surface area contributed by atoms with Gasteiger partial charge in [0.25, 0.3) is 0 Å². The van der Waals surface area contributed by atoms with Gasteiger partial charge >= 0.3 is 0 Å². The van der Waals surface area contributed by atoms with Crippen molar-refractivity contribution in [2.45, 2.75) is 39.2 Å². The van der Waals surface area contributed by atoms with Crippen LogP contribution in [0.1, 0.15) is 31.9 Å². The van der Waals surface area contributed by atoms with Crippen LogP contribution in [0, 0.1) is 5.92 Å². The van der Waals surface area contributed by atoms with Gasteiger partial charge in [-0.1, -0.05) is 13.3 Å². The lowest BCUT2D eigenvalue weighted by Gasteiger charge is -2.04. The highest BCUT2D eigenvalue weighted by Gasteiger charge is 2.25. The third kappa shape index (κ3) is 1.69. The summed E-state index contributed by atoms with van der Waals surface area (Å²) in [7, 11) is 1.98. The molecule has 0 unspecified atom stereocenters. The van der Waals surface area contributed by atoms with Crippen LogP contribution in [-0.4, -0.2) is 19.3 Å². The van der Waals surface area contributed by atoms with Gasteiger partial charge in [-0.25, -0.2) is 4.98 Å². The van der Waals surface area contributed by atoms with E-state index in [1.165, 1.54) is 12.8 Å². The summed E-state index contributed by atoms with van der Waals surface area (Å²) in [5, 5.41) is 4.55. The number of nitrogens with two attached hydrogens (primary N) is 1. The van der Waals surface area contributed by atoms with E-state index < -0.39 is 0 Å². The van der Waals surface area contributed by atoms with Crippen molar-refractivity contribution in [3.05, 3.63) is 5.69 Å². The van der Waals surface area contributed by atoms with E-state index in [4.69, 9.17) is 5.73 Å². The van der Waals surface area contributed by atoms with Crippen molar-refractivity contribution in [3.63, 3.8) is 0 Å². The average Bonchev–Trinajstić information content (AvgIpc) is 2.97. The van der Waals surface area contributed by atoms with E-state index in [-0.39, 0.29) is 0 Å². The van der Waals surface area contributed by atoms with Crippen LogP contribution < -0.4 is 5.73 Å². The summed E-state index contributed by atoms with van der Waals surface area (Å²) in [6.45, 7) is 3.15. The average molecular weight is 233 g/mol. The molecule has 2 heterocycles. The van der Waals surface area contributed by atoms with Crippen molar-refractivity contribution in [1.29, 1.82) is 0 Å². The van der Waals surface area contributed by atoms with Crippen LogP contribution >= 0.6 is 0 Å². The van der Waals surface area contributed by atoms with E-state index >= 15 is 0 Å². The van der Waals surface area contributed by atoms with E-state index in [0.717, 1.165) is 42.2 Å². The Morgan fingerprint density at radius 1 is 1.41 bits per heavy atom. The molecule has 1 fully saturated rings. The lowest BCUT2D eigenvalue weighted by atomic mass is 10.2. The molecule has 92 valence electrons. The van der Waals surface area contributed by atoms with Crippen molar-refractivity contribution >= 4 is 17.1 Å². The Balaban J connectivity index is 2.10. The van der Waals surface area contributed by atoms with Crippen LogP contribution in [0.4, 0.5) is 5.95 Å². The number of anilines is 1. The van der Waals surface area contributed by atoms with Gasteiger partial charge in [-0.3, -0.25) is 9.25 Å². The van der Waals surface area contributed by atoms with Gasteiger partial charge in [-0.15, -0.1) is 0 Å². The predicted octanol–water partition coefficient (Wildman–Crippen LogP) is 1.71. The molecule has 1 aliphatic carbocycles. The number of rotatable bonds is 4. The van der Waals surface area contributed by atoms with E-state index in [2.05, 4.69) is 21.6 Å². The lowest BCUT2D eigenvalue weighted by Crippen LogP contribution is -2.08. The summed E-state index contributed by atoms with van der Waals surface area (Å²) in [4.78, 5) is 4.49. The number of hydrogen-bond acceptors (Lipinski definition) is 3. The minimum absolute atomic E-state index is 0.636. The van der Waals surface area contributed by atoms with Gasteiger partial charge in [0.05, 0.1) is 5.69 Å². The first-order valence-corrected chi connectivity index (χ1v) is 6.38. The minimum Gasteiger partial charge on any atom is -0.369 e. The molecule has 0 bridgehead atoms. The Morgan fingerprint density at radius 3 is 2.82 bits per heavy atom. The molecular weight excluding hydrogens is 214 g/mol. The molecule has 2 aromatic rings. The molecule has 0 spiro atoms. The number of aromatic nitrogens is 4. The molecule has 3 rings (SSSR count). The predicted molar refractivity (Wildman–Crippen MR) is 67.6 cm³/mol. The smallest absolute Gasteiger partial charge is 0.202 e. The Kier molecular flexibility index (Phi) is 2.34. The molecule has 0 radical (unpaired) electrons. The molecule has 5 nitrogen and oxygen atoms in total. The van der Waals surface area contributed by atoms with Gasteiger partial charge in [0.15, 0.2) is 5.65 Å². The van der Waals surface area contributed by atoms with E-state index in [9.17, 15) is 0 Å². The maximum atomic E-state index is 6.02. The first-order chi connectivity index (χ1) is 8.20. The van der Waals surface area contributed by atoms with Gasteiger partial charge in [0.2, 0.25) is 5.95 Å². The van der Waals surface area contributed by atoms with E-state index in [0.29, 0.717) is 5.95 Å². The van der Waals surface area contributed by atoms with Gasteiger partial charge < -0.3 is 5.73 Å². The first kappa shape index (κ1) is 10.6. The van der Waals surface area contributed by atoms with E-state index in [1.54, 1.807) is 0 Å². The number of nitrogen functional groups attached to an aromatic ring is 1. The molecule has 17 heavy (non-hydrogen) atoms.